The van der Waals surface area contributed by atoms with Crippen LogP contribution >= 0.6 is 11.8 Å². The molecule has 0 spiro atoms. The van der Waals surface area contributed by atoms with Crippen molar-refractivity contribution >= 4 is 22.7 Å². The molecule has 0 aromatic rings. The van der Waals surface area contributed by atoms with E-state index in [-0.39, 0.29) is 4.75 Å². The molecule has 2 nitrogen and oxygen atoms in total. The Labute approximate surface area is 101 Å². The van der Waals surface area contributed by atoms with E-state index in [0.717, 1.165) is 0 Å². The van der Waals surface area contributed by atoms with Crippen LogP contribution in [0, 0.1) is 5.92 Å². The molecule has 0 bridgehead atoms. The number of nitrogens with one attached hydrogen (secondary N) is 1. The first-order chi connectivity index (χ1) is 6.91. The number of thioether (sulfide) groups is 1. The molecule has 0 aromatic heterocycles. The summed E-state index contributed by atoms with van der Waals surface area (Å²) in [5.41, 5.74) is 0. The van der Waals surface area contributed by atoms with Gasteiger partial charge in [-0.15, -0.1) is 0 Å². The fourth-order valence-corrected chi connectivity index (χ4v) is 3.68. The van der Waals surface area contributed by atoms with Gasteiger partial charge in [0.2, 0.25) is 0 Å². The lowest BCUT2D eigenvalue weighted by Crippen LogP contribution is -2.42. The smallest absolute Gasteiger partial charge is 0.0972 e. The van der Waals surface area contributed by atoms with Gasteiger partial charge in [0.25, 0.3) is 0 Å². The lowest BCUT2D eigenvalue weighted by atomic mass is 9.96. The Morgan fingerprint density at radius 1 is 1.33 bits per heavy atom. The lowest BCUT2D eigenvalue weighted by Gasteiger charge is -2.30. The number of rotatable bonds is 3. The SMILES string of the molecule is CC(N[S@@](=O)C(C)(C)C)C1CCSCC1. The van der Waals surface area contributed by atoms with Gasteiger partial charge in [-0.2, -0.15) is 11.8 Å². The summed E-state index contributed by atoms with van der Waals surface area (Å²) in [4.78, 5) is 0. The van der Waals surface area contributed by atoms with Crippen LogP contribution in [0.1, 0.15) is 40.5 Å². The molecule has 0 saturated carbocycles. The van der Waals surface area contributed by atoms with Gasteiger partial charge in [-0.25, -0.2) is 8.93 Å². The van der Waals surface area contributed by atoms with E-state index in [4.69, 9.17) is 0 Å². The highest BCUT2D eigenvalue weighted by Crippen LogP contribution is 2.26. The zero-order valence-corrected chi connectivity index (χ0v) is 11.8. The second-order valence-corrected chi connectivity index (χ2v) is 8.46. The molecule has 1 aliphatic rings. The van der Waals surface area contributed by atoms with E-state index >= 15 is 0 Å². The summed E-state index contributed by atoms with van der Waals surface area (Å²) >= 11 is 2.04. The van der Waals surface area contributed by atoms with Crippen molar-refractivity contribution in [3.63, 3.8) is 0 Å². The number of hydrogen-bond donors (Lipinski definition) is 1. The van der Waals surface area contributed by atoms with Gasteiger partial charge >= 0.3 is 0 Å². The minimum Gasteiger partial charge on any atom is -0.242 e. The van der Waals surface area contributed by atoms with Gasteiger partial charge < -0.3 is 0 Å². The van der Waals surface area contributed by atoms with Crippen LogP contribution in [-0.4, -0.2) is 26.5 Å². The average Bonchev–Trinajstić information content (AvgIpc) is 2.17. The minimum atomic E-state index is -0.926. The molecule has 1 N–H and O–H groups in total. The Kier molecular flexibility index (Phi) is 5.13. The molecule has 1 unspecified atom stereocenters. The highest BCUT2D eigenvalue weighted by atomic mass is 32.2. The molecule has 0 radical (unpaired) electrons. The molecule has 2 atom stereocenters. The van der Waals surface area contributed by atoms with Crippen LogP contribution in [0.5, 0.6) is 0 Å². The van der Waals surface area contributed by atoms with Crippen LogP contribution in [0.25, 0.3) is 0 Å². The third-order valence-corrected chi connectivity index (χ3v) is 5.57. The largest absolute Gasteiger partial charge is 0.242 e. The Morgan fingerprint density at radius 2 is 1.87 bits per heavy atom. The van der Waals surface area contributed by atoms with Crippen molar-refractivity contribution in [2.75, 3.05) is 11.5 Å². The maximum atomic E-state index is 11.9. The summed E-state index contributed by atoms with van der Waals surface area (Å²) in [5, 5.41) is 0. The second kappa shape index (κ2) is 5.69. The number of hydrogen-bond acceptors (Lipinski definition) is 2. The van der Waals surface area contributed by atoms with Crippen molar-refractivity contribution < 1.29 is 4.21 Å². The van der Waals surface area contributed by atoms with Crippen LogP contribution in [0.3, 0.4) is 0 Å². The first kappa shape index (κ1) is 13.5. The monoisotopic (exact) mass is 249 g/mol. The molecular formula is C11H23NOS2. The molecule has 90 valence electrons. The molecule has 15 heavy (non-hydrogen) atoms. The maximum Gasteiger partial charge on any atom is 0.0972 e. The summed E-state index contributed by atoms with van der Waals surface area (Å²) in [7, 11) is -0.926. The van der Waals surface area contributed by atoms with Crippen molar-refractivity contribution in [1.29, 1.82) is 0 Å². The van der Waals surface area contributed by atoms with E-state index in [2.05, 4.69) is 11.6 Å². The first-order valence-corrected chi connectivity index (χ1v) is 7.97. The highest BCUT2D eigenvalue weighted by molar-refractivity contribution is 7.99. The van der Waals surface area contributed by atoms with E-state index < -0.39 is 11.0 Å². The van der Waals surface area contributed by atoms with E-state index in [0.29, 0.717) is 12.0 Å². The molecule has 1 aliphatic heterocycles. The van der Waals surface area contributed by atoms with Gasteiger partial charge in [0, 0.05) is 6.04 Å². The minimum absolute atomic E-state index is 0.155. The summed E-state index contributed by atoms with van der Waals surface area (Å²) in [6.45, 7) is 8.21. The Hall–Kier alpha value is 0.460. The van der Waals surface area contributed by atoms with Gasteiger partial charge in [-0.3, -0.25) is 0 Å². The maximum absolute atomic E-state index is 11.9. The lowest BCUT2D eigenvalue weighted by molar-refractivity contribution is 0.393. The first-order valence-electron chi connectivity index (χ1n) is 5.67. The molecule has 1 heterocycles. The molecule has 0 aromatic carbocycles. The highest BCUT2D eigenvalue weighted by Gasteiger charge is 2.26. The van der Waals surface area contributed by atoms with Crippen molar-refractivity contribution in [2.24, 2.45) is 5.92 Å². The standard InChI is InChI=1S/C11H23NOS2/c1-9(10-5-7-14-8-6-10)12-15(13)11(2,3)4/h9-10,12H,5-8H2,1-4H3/t9?,15-/m0/s1. The predicted octanol–water partition coefficient (Wildman–Crippen LogP) is 2.57. The van der Waals surface area contributed by atoms with E-state index in [9.17, 15) is 4.21 Å². The summed E-state index contributed by atoms with van der Waals surface area (Å²) in [6, 6.07) is 0.381. The van der Waals surface area contributed by atoms with Crippen LogP contribution < -0.4 is 4.72 Å². The van der Waals surface area contributed by atoms with Gasteiger partial charge in [0.1, 0.15) is 0 Å². The van der Waals surface area contributed by atoms with Gasteiger partial charge in [0.15, 0.2) is 0 Å². The summed E-state index contributed by atoms with van der Waals surface area (Å²) in [6.07, 6.45) is 2.53. The Bertz CT molecular complexity index is 219. The van der Waals surface area contributed by atoms with Crippen LogP contribution in [-0.2, 0) is 11.0 Å². The van der Waals surface area contributed by atoms with Crippen LogP contribution in [0.4, 0.5) is 0 Å². The van der Waals surface area contributed by atoms with Crippen molar-refractivity contribution in [3.05, 3.63) is 0 Å². The second-order valence-electron chi connectivity index (χ2n) is 5.24. The molecule has 1 fully saturated rings. The van der Waals surface area contributed by atoms with Gasteiger partial charge in [-0.05, 0) is 58.0 Å². The topological polar surface area (TPSA) is 29.1 Å². The predicted molar refractivity (Wildman–Crippen MR) is 70.5 cm³/mol. The summed E-state index contributed by atoms with van der Waals surface area (Å²) < 4.78 is 15.0. The quantitative estimate of drug-likeness (QED) is 0.833. The van der Waals surface area contributed by atoms with Crippen molar-refractivity contribution in [2.45, 2.75) is 51.3 Å². The zero-order valence-electron chi connectivity index (χ0n) is 10.2. The van der Waals surface area contributed by atoms with E-state index in [1.54, 1.807) is 0 Å². The Balaban J connectivity index is 2.40. The molecular weight excluding hydrogens is 226 g/mol. The molecule has 0 amide bonds. The van der Waals surface area contributed by atoms with E-state index in [1.807, 2.05) is 32.5 Å². The molecule has 1 saturated heterocycles. The van der Waals surface area contributed by atoms with Crippen molar-refractivity contribution in [1.82, 2.24) is 4.72 Å². The fourth-order valence-electron chi connectivity index (χ4n) is 1.66. The van der Waals surface area contributed by atoms with E-state index in [1.165, 1.54) is 24.3 Å². The normalized spacial score (nSPS) is 23.7. The van der Waals surface area contributed by atoms with Crippen molar-refractivity contribution in [3.8, 4) is 0 Å². The third-order valence-electron chi connectivity index (χ3n) is 2.82. The fraction of sp³-hybridized carbons (Fsp3) is 1.00. The Morgan fingerprint density at radius 3 is 2.33 bits per heavy atom. The molecule has 4 heteroatoms. The molecule has 0 aliphatic carbocycles. The van der Waals surface area contributed by atoms with Crippen LogP contribution in [0.15, 0.2) is 0 Å². The average molecular weight is 249 g/mol. The zero-order chi connectivity index (χ0) is 11.5. The third kappa shape index (κ3) is 4.45. The van der Waals surface area contributed by atoms with Gasteiger partial charge in [-0.1, -0.05) is 0 Å². The molecule has 1 rings (SSSR count). The van der Waals surface area contributed by atoms with Gasteiger partial charge in [0.05, 0.1) is 15.7 Å². The van der Waals surface area contributed by atoms with Crippen LogP contribution in [0.2, 0.25) is 0 Å². The summed E-state index contributed by atoms with van der Waals surface area (Å²) in [5.74, 6) is 3.23.